The lowest BCUT2D eigenvalue weighted by Gasteiger charge is -2.31. The van der Waals surface area contributed by atoms with Crippen molar-refractivity contribution in [2.45, 2.75) is 45.6 Å². The van der Waals surface area contributed by atoms with E-state index in [1.54, 1.807) is 12.1 Å². The Labute approximate surface area is 125 Å². The summed E-state index contributed by atoms with van der Waals surface area (Å²) in [6, 6.07) is 2.80. The molecule has 1 aromatic rings. The SMILES string of the molecule is CC(C)C[C@H](NC(=O)c1ccco1)C(=O)N1CCCCC1. The van der Waals surface area contributed by atoms with Crippen LogP contribution in [0.25, 0.3) is 0 Å². The molecule has 0 bridgehead atoms. The molecular weight excluding hydrogens is 268 g/mol. The number of piperidine rings is 1. The molecule has 5 nitrogen and oxygen atoms in total. The van der Waals surface area contributed by atoms with Crippen LogP contribution in [0.2, 0.25) is 0 Å². The molecule has 21 heavy (non-hydrogen) atoms. The van der Waals surface area contributed by atoms with E-state index in [-0.39, 0.29) is 17.6 Å². The molecule has 0 unspecified atom stereocenters. The maximum atomic E-state index is 12.6. The number of amides is 2. The van der Waals surface area contributed by atoms with E-state index in [1.807, 2.05) is 4.90 Å². The molecule has 0 aliphatic carbocycles. The minimum atomic E-state index is -0.472. The summed E-state index contributed by atoms with van der Waals surface area (Å²) in [5, 5.41) is 2.82. The summed E-state index contributed by atoms with van der Waals surface area (Å²) in [4.78, 5) is 26.6. The molecule has 1 fully saturated rings. The predicted molar refractivity (Wildman–Crippen MR) is 79.8 cm³/mol. The summed E-state index contributed by atoms with van der Waals surface area (Å²) >= 11 is 0. The fourth-order valence-electron chi connectivity index (χ4n) is 2.66. The van der Waals surface area contributed by atoms with Gasteiger partial charge in [-0.3, -0.25) is 9.59 Å². The minimum Gasteiger partial charge on any atom is -0.459 e. The van der Waals surface area contributed by atoms with Crippen LogP contribution in [-0.2, 0) is 4.79 Å². The summed E-state index contributed by atoms with van der Waals surface area (Å²) < 4.78 is 5.09. The predicted octanol–water partition coefficient (Wildman–Crippen LogP) is 2.44. The molecule has 2 heterocycles. The van der Waals surface area contributed by atoms with Crippen molar-refractivity contribution in [1.82, 2.24) is 10.2 Å². The van der Waals surface area contributed by atoms with Gasteiger partial charge >= 0.3 is 0 Å². The van der Waals surface area contributed by atoms with Crippen LogP contribution in [0.3, 0.4) is 0 Å². The van der Waals surface area contributed by atoms with Crippen molar-refractivity contribution < 1.29 is 14.0 Å². The highest BCUT2D eigenvalue weighted by Gasteiger charge is 2.28. The van der Waals surface area contributed by atoms with Gasteiger partial charge in [0.2, 0.25) is 5.91 Å². The van der Waals surface area contributed by atoms with Crippen molar-refractivity contribution in [3.63, 3.8) is 0 Å². The molecule has 5 heteroatoms. The Hall–Kier alpha value is -1.78. The first-order valence-electron chi connectivity index (χ1n) is 7.71. The Morgan fingerprint density at radius 3 is 2.57 bits per heavy atom. The van der Waals surface area contributed by atoms with E-state index in [0.29, 0.717) is 12.3 Å². The van der Waals surface area contributed by atoms with Gasteiger partial charge < -0.3 is 14.6 Å². The van der Waals surface area contributed by atoms with E-state index in [2.05, 4.69) is 19.2 Å². The Balaban J connectivity index is 2.02. The molecule has 1 atom stereocenters. The van der Waals surface area contributed by atoms with Crippen LogP contribution in [0, 0.1) is 5.92 Å². The van der Waals surface area contributed by atoms with Crippen molar-refractivity contribution in [3.8, 4) is 0 Å². The second kappa shape index (κ2) is 7.29. The van der Waals surface area contributed by atoms with Gasteiger partial charge in [0.1, 0.15) is 6.04 Å². The smallest absolute Gasteiger partial charge is 0.287 e. The number of nitrogens with zero attached hydrogens (tertiary/aromatic N) is 1. The van der Waals surface area contributed by atoms with E-state index in [1.165, 1.54) is 12.7 Å². The van der Waals surface area contributed by atoms with Crippen LogP contribution in [0.1, 0.15) is 50.1 Å². The lowest BCUT2D eigenvalue weighted by atomic mass is 10.0. The summed E-state index contributed by atoms with van der Waals surface area (Å²) in [6.07, 6.45) is 5.37. The lowest BCUT2D eigenvalue weighted by Crippen LogP contribution is -2.50. The highest BCUT2D eigenvalue weighted by Crippen LogP contribution is 2.14. The fraction of sp³-hybridized carbons (Fsp3) is 0.625. The molecule has 1 saturated heterocycles. The zero-order chi connectivity index (χ0) is 15.2. The quantitative estimate of drug-likeness (QED) is 0.906. The summed E-state index contributed by atoms with van der Waals surface area (Å²) in [7, 11) is 0. The normalized spacial score (nSPS) is 16.8. The Morgan fingerprint density at radius 1 is 1.29 bits per heavy atom. The van der Waals surface area contributed by atoms with Crippen LogP contribution in [-0.4, -0.2) is 35.8 Å². The van der Waals surface area contributed by atoms with Crippen molar-refractivity contribution in [3.05, 3.63) is 24.2 Å². The van der Waals surface area contributed by atoms with Gasteiger partial charge in [-0.1, -0.05) is 13.8 Å². The van der Waals surface area contributed by atoms with Crippen LogP contribution >= 0.6 is 0 Å². The van der Waals surface area contributed by atoms with Gasteiger partial charge in [0.05, 0.1) is 6.26 Å². The summed E-state index contributed by atoms with van der Waals surface area (Å²) in [5.41, 5.74) is 0. The monoisotopic (exact) mass is 292 g/mol. The second-order valence-corrected chi connectivity index (χ2v) is 6.02. The van der Waals surface area contributed by atoms with E-state index in [0.717, 1.165) is 25.9 Å². The first-order valence-corrected chi connectivity index (χ1v) is 7.71. The third-order valence-corrected chi connectivity index (χ3v) is 3.72. The zero-order valence-electron chi connectivity index (χ0n) is 12.8. The molecule has 116 valence electrons. The number of carbonyl (C=O) groups excluding carboxylic acids is 2. The first-order chi connectivity index (χ1) is 10.1. The van der Waals surface area contributed by atoms with Crippen LogP contribution in [0.5, 0.6) is 0 Å². The molecule has 2 rings (SSSR count). The van der Waals surface area contributed by atoms with Crippen molar-refractivity contribution in [2.24, 2.45) is 5.92 Å². The maximum absolute atomic E-state index is 12.6. The Morgan fingerprint density at radius 2 is 2.00 bits per heavy atom. The van der Waals surface area contributed by atoms with Crippen LogP contribution in [0.4, 0.5) is 0 Å². The number of furan rings is 1. The number of nitrogens with one attached hydrogen (secondary N) is 1. The highest BCUT2D eigenvalue weighted by molar-refractivity contribution is 5.95. The van der Waals surface area contributed by atoms with Gasteiger partial charge in [-0.25, -0.2) is 0 Å². The number of carbonyl (C=O) groups is 2. The van der Waals surface area contributed by atoms with Gasteiger partial charge in [-0.2, -0.15) is 0 Å². The highest BCUT2D eigenvalue weighted by atomic mass is 16.3. The van der Waals surface area contributed by atoms with E-state index in [4.69, 9.17) is 4.42 Å². The standard InChI is InChI=1S/C16H24N2O3/c1-12(2)11-13(16(20)18-8-4-3-5-9-18)17-15(19)14-7-6-10-21-14/h6-7,10,12-13H,3-5,8-9,11H2,1-2H3,(H,17,19)/t13-/m0/s1. The van der Waals surface area contributed by atoms with E-state index >= 15 is 0 Å². The zero-order valence-corrected chi connectivity index (χ0v) is 12.8. The topological polar surface area (TPSA) is 62.6 Å². The molecule has 1 N–H and O–H groups in total. The third-order valence-electron chi connectivity index (χ3n) is 3.72. The van der Waals surface area contributed by atoms with Gasteiger partial charge in [-0.05, 0) is 43.7 Å². The molecule has 2 amide bonds. The van der Waals surface area contributed by atoms with Crippen LogP contribution < -0.4 is 5.32 Å². The molecule has 1 aliphatic heterocycles. The molecule has 0 radical (unpaired) electrons. The second-order valence-electron chi connectivity index (χ2n) is 6.02. The summed E-state index contributed by atoms with van der Waals surface area (Å²) in [5.74, 6) is 0.287. The van der Waals surface area contributed by atoms with Gasteiger partial charge in [0.15, 0.2) is 5.76 Å². The molecule has 1 aliphatic rings. The maximum Gasteiger partial charge on any atom is 0.287 e. The Bertz CT molecular complexity index is 462. The van der Waals surface area contributed by atoms with Gasteiger partial charge in [0, 0.05) is 13.1 Å². The number of hydrogen-bond donors (Lipinski definition) is 1. The Kier molecular flexibility index (Phi) is 5.42. The van der Waals surface area contributed by atoms with Crippen molar-refractivity contribution in [2.75, 3.05) is 13.1 Å². The van der Waals surface area contributed by atoms with E-state index < -0.39 is 6.04 Å². The van der Waals surface area contributed by atoms with Crippen LogP contribution in [0.15, 0.2) is 22.8 Å². The fourth-order valence-corrected chi connectivity index (χ4v) is 2.66. The van der Waals surface area contributed by atoms with E-state index in [9.17, 15) is 9.59 Å². The average molecular weight is 292 g/mol. The number of rotatable bonds is 5. The largest absolute Gasteiger partial charge is 0.459 e. The molecule has 0 saturated carbocycles. The molecular formula is C16H24N2O3. The average Bonchev–Trinajstić information content (AvgIpc) is 3.00. The van der Waals surface area contributed by atoms with Gasteiger partial charge in [0.25, 0.3) is 5.91 Å². The first kappa shape index (κ1) is 15.6. The number of likely N-dealkylation sites (tertiary alicyclic amines) is 1. The van der Waals surface area contributed by atoms with Crippen molar-refractivity contribution >= 4 is 11.8 Å². The van der Waals surface area contributed by atoms with Crippen molar-refractivity contribution in [1.29, 1.82) is 0 Å². The lowest BCUT2D eigenvalue weighted by molar-refractivity contribution is -0.134. The molecule has 0 spiro atoms. The summed E-state index contributed by atoms with van der Waals surface area (Å²) in [6.45, 7) is 5.69. The third kappa shape index (κ3) is 4.34. The molecule has 0 aromatic carbocycles. The molecule has 1 aromatic heterocycles. The minimum absolute atomic E-state index is 0.0308. The van der Waals surface area contributed by atoms with Gasteiger partial charge in [-0.15, -0.1) is 0 Å². The number of hydrogen-bond acceptors (Lipinski definition) is 3.